The summed E-state index contributed by atoms with van der Waals surface area (Å²) in [6, 6.07) is 3.92. The number of halogens is 1. The van der Waals surface area contributed by atoms with Crippen molar-refractivity contribution in [3.63, 3.8) is 0 Å². The van der Waals surface area contributed by atoms with Gasteiger partial charge in [-0.05, 0) is 31.6 Å². The van der Waals surface area contributed by atoms with Crippen molar-refractivity contribution in [2.45, 2.75) is 31.2 Å². The number of amides is 1. The predicted molar refractivity (Wildman–Crippen MR) is 120 cm³/mol. The summed E-state index contributed by atoms with van der Waals surface area (Å²) in [5, 5.41) is 0. The van der Waals surface area contributed by atoms with E-state index in [1.54, 1.807) is 25.1 Å². The van der Waals surface area contributed by atoms with E-state index < -0.39 is 26.7 Å². The molecular formula is C21H24ClN3O6S. The normalized spacial score (nSPS) is 21.4. The molecule has 2 aromatic rings. The molecule has 3 rings (SSSR count). The first kappa shape index (κ1) is 23.7. The minimum Gasteiger partial charge on any atom is -0.497 e. The number of carbonyl (C=O) groups is 1. The van der Waals surface area contributed by atoms with Gasteiger partial charge in [0.2, 0.25) is 0 Å². The maximum atomic E-state index is 14.1. The van der Waals surface area contributed by atoms with Crippen LogP contribution in [0.25, 0.3) is 0 Å². The van der Waals surface area contributed by atoms with E-state index in [0.29, 0.717) is 17.1 Å². The van der Waals surface area contributed by atoms with Crippen molar-refractivity contribution in [2.24, 2.45) is 0 Å². The van der Waals surface area contributed by atoms with E-state index in [1.165, 1.54) is 45.8 Å². The van der Waals surface area contributed by atoms with Gasteiger partial charge in [0.1, 0.15) is 22.5 Å². The van der Waals surface area contributed by atoms with E-state index in [-0.39, 0.29) is 18.1 Å². The van der Waals surface area contributed by atoms with E-state index in [1.807, 2.05) is 0 Å². The second kappa shape index (κ2) is 8.87. The summed E-state index contributed by atoms with van der Waals surface area (Å²) in [6.07, 6.45) is 5.16. The lowest BCUT2D eigenvalue weighted by Gasteiger charge is -2.40. The maximum absolute atomic E-state index is 14.1. The molecule has 0 N–H and O–H groups in total. The molecule has 1 aromatic heterocycles. The number of hydrogen-bond donors (Lipinski definition) is 0. The third kappa shape index (κ3) is 3.84. The van der Waals surface area contributed by atoms with Crippen LogP contribution in [0.15, 0.2) is 59.4 Å². The van der Waals surface area contributed by atoms with Crippen LogP contribution in [0.2, 0.25) is 0 Å². The van der Waals surface area contributed by atoms with Gasteiger partial charge in [0.05, 0.1) is 33.0 Å². The summed E-state index contributed by atoms with van der Waals surface area (Å²) >= 11 is 6.18. The van der Waals surface area contributed by atoms with Crippen molar-refractivity contribution in [2.75, 3.05) is 18.5 Å². The molecule has 2 heterocycles. The van der Waals surface area contributed by atoms with Crippen LogP contribution < -0.4 is 13.8 Å². The van der Waals surface area contributed by atoms with Gasteiger partial charge in [-0.1, -0.05) is 12.7 Å². The van der Waals surface area contributed by atoms with Crippen LogP contribution >= 0.6 is 11.8 Å². The Labute approximate surface area is 192 Å². The van der Waals surface area contributed by atoms with Crippen LogP contribution in [-0.4, -0.2) is 48.7 Å². The zero-order chi connectivity index (χ0) is 23.7. The fourth-order valence-corrected chi connectivity index (χ4v) is 5.73. The van der Waals surface area contributed by atoms with Gasteiger partial charge < -0.3 is 13.9 Å². The second-order valence-corrected chi connectivity index (χ2v) is 9.90. The van der Waals surface area contributed by atoms with E-state index in [0.717, 1.165) is 8.72 Å². The molecule has 1 amide bonds. The van der Waals surface area contributed by atoms with E-state index in [4.69, 9.17) is 25.7 Å². The first-order valence-electron chi connectivity index (χ1n) is 9.57. The van der Waals surface area contributed by atoms with Gasteiger partial charge in [0.25, 0.3) is 15.9 Å². The minimum atomic E-state index is -4.30. The Morgan fingerprint density at radius 1 is 1.31 bits per heavy atom. The molecule has 0 saturated carbocycles. The average Bonchev–Trinajstić information content (AvgIpc) is 3.30. The highest BCUT2D eigenvalue weighted by Crippen LogP contribution is 2.40. The molecule has 172 valence electrons. The summed E-state index contributed by atoms with van der Waals surface area (Å²) < 4.78 is 44.5. The standard InChI is InChI=1S/C21H24ClN3O6S/c1-14-6-9-19(26)25(22)15(2)21(14,3)32(27,28)24(20-23-10-11-31-20)13-16-7-8-17(29-4)12-18(16)30-5/h6-12,15H,1,13H2,2-5H3/t15-,21?/m0/s1. The predicted octanol–water partition coefficient (Wildman–Crippen LogP) is 3.28. The fraction of sp³-hybridized carbons (Fsp3) is 0.333. The van der Waals surface area contributed by atoms with Gasteiger partial charge in [-0.3, -0.25) is 4.79 Å². The lowest BCUT2D eigenvalue weighted by molar-refractivity contribution is -0.122. The number of carbonyl (C=O) groups excluding carboxylic acids is 1. The number of nitrogens with zero attached hydrogens (tertiary/aromatic N) is 3. The minimum absolute atomic E-state index is 0.148. The molecule has 0 radical (unpaired) electrons. The molecule has 0 aliphatic carbocycles. The van der Waals surface area contributed by atoms with Crippen LogP contribution in [0.3, 0.4) is 0 Å². The lowest BCUT2D eigenvalue weighted by atomic mass is 9.95. The molecule has 0 saturated heterocycles. The number of ether oxygens (including phenoxy) is 2. The van der Waals surface area contributed by atoms with Crippen LogP contribution in [0.5, 0.6) is 11.5 Å². The first-order valence-corrected chi connectivity index (χ1v) is 11.3. The molecule has 0 fully saturated rings. The Kier molecular flexibility index (Phi) is 6.56. The Morgan fingerprint density at radius 2 is 2.03 bits per heavy atom. The van der Waals surface area contributed by atoms with Crippen molar-refractivity contribution in [3.05, 3.63) is 60.5 Å². The smallest absolute Gasteiger partial charge is 0.311 e. The van der Waals surface area contributed by atoms with Crippen molar-refractivity contribution in [1.29, 1.82) is 0 Å². The Morgan fingerprint density at radius 3 is 2.62 bits per heavy atom. The molecule has 32 heavy (non-hydrogen) atoms. The van der Waals surface area contributed by atoms with Gasteiger partial charge >= 0.3 is 6.01 Å². The number of hydrogen-bond acceptors (Lipinski definition) is 7. The molecule has 1 aliphatic heterocycles. The highest BCUT2D eigenvalue weighted by Gasteiger charge is 2.53. The first-order chi connectivity index (χ1) is 15.1. The summed E-state index contributed by atoms with van der Waals surface area (Å²) in [5.74, 6) is 0.428. The number of sulfonamides is 1. The molecule has 11 heteroatoms. The lowest BCUT2D eigenvalue weighted by Crippen LogP contribution is -2.57. The Balaban J connectivity index is 2.15. The fourth-order valence-electron chi connectivity index (χ4n) is 3.43. The van der Waals surface area contributed by atoms with E-state index in [2.05, 4.69) is 11.6 Å². The number of methoxy groups -OCH3 is 2. The SMILES string of the molecule is C=C1C=CC(=O)N(Cl)[C@@H](C)C1(C)S(=O)(=O)N(Cc1ccc(OC)cc1OC)c1ncco1. The Hall–Kier alpha value is -2.98. The van der Waals surface area contributed by atoms with Crippen LogP contribution in [-0.2, 0) is 21.4 Å². The molecular weight excluding hydrogens is 458 g/mol. The monoisotopic (exact) mass is 481 g/mol. The molecule has 1 unspecified atom stereocenters. The number of rotatable bonds is 7. The quantitative estimate of drug-likeness (QED) is 0.559. The van der Waals surface area contributed by atoms with Crippen LogP contribution in [0.4, 0.5) is 6.01 Å². The molecule has 2 atom stereocenters. The van der Waals surface area contributed by atoms with Crippen molar-refractivity contribution in [1.82, 2.24) is 9.40 Å². The van der Waals surface area contributed by atoms with Gasteiger partial charge in [0, 0.05) is 29.5 Å². The number of aromatic nitrogens is 1. The van der Waals surface area contributed by atoms with Crippen LogP contribution in [0.1, 0.15) is 19.4 Å². The molecule has 0 spiro atoms. The second-order valence-electron chi connectivity index (χ2n) is 7.30. The highest BCUT2D eigenvalue weighted by atomic mass is 35.5. The van der Waals surface area contributed by atoms with Gasteiger partial charge in [0.15, 0.2) is 0 Å². The molecule has 1 aliphatic rings. The molecule has 1 aromatic carbocycles. The molecule has 0 bridgehead atoms. The van der Waals surface area contributed by atoms with Crippen molar-refractivity contribution < 1.29 is 27.1 Å². The summed E-state index contributed by atoms with van der Waals surface area (Å²) in [5.41, 5.74) is 0.736. The summed E-state index contributed by atoms with van der Waals surface area (Å²) in [7, 11) is -1.31. The number of allylic oxidation sites excluding steroid dienone is 1. The van der Waals surface area contributed by atoms with Gasteiger partial charge in [-0.2, -0.15) is 0 Å². The van der Waals surface area contributed by atoms with Crippen molar-refractivity contribution >= 4 is 33.7 Å². The topological polar surface area (TPSA) is 102 Å². The number of anilines is 1. The number of benzene rings is 1. The van der Waals surface area contributed by atoms with Crippen molar-refractivity contribution in [3.8, 4) is 11.5 Å². The zero-order valence-electron chi connectivity index (χ0n) is 18.1. The third-order valence-corrected chi connectivity index (χ3v) is 8.68. The van der Waals surface area contributed by atoms with E-state index >= 15 is 0 Å². The molecule has 9 nitrogen and oxygen atoms in total. The Bertz CT molecular complexity index is 1150. The highest BCUT2D eigenvalue weighted by molar-refractivity contribution is 7.94. The third-order valence-electron chi connectivity index (χ3n) is 5.68. The van der Waals surface area contributed by atoms with E-state index in [9.17, 15) is 13.2 Å². The summed E-state index contributed by atoms with van der Waals surface area (Å²) in [4.78, 5) is 16.3. The average molecular weight is 482 g/mol. The van der Waals surface area contributed by atoms with Gasteiger partial charge in [-0.25, -0.2) is 22.1 Å². The number of oxazole rings is 1. The largest absolute Gasteiger partial charge is 0.497 e. The van der Waals surface area contributed by atoms with Gasteiger partial charge in [-0.15, -0.1) is 0 Å². The summed E-state index contributed by atoms with van der Waals surface area (Å²) in [6.45, 7) is 6.77. The zero-order valence-corrected chi connectivity index (χ0v) is 19.7. The maximum Gasteiger partial charge on any atom is 0.311 e. The van der Waals surface area contributed by atoms with Crippen LogP contribution in [0, 0.1) is 0 Å².